The van der Waals surface area contributed by atoms with Crippen LogP contribution in [0.1, 0.15) is 17.7 Å². The van der Waals surface area contributed by atoms with E-state index in [9.17, 15) is 13.2 Å². The monoisotopic (exact) mass is 483 g/mol. The van der Waals surface area contributed by atoms with E-state index in [0.29, 0.717) is 22.3 Å². The molecule has 0 aliphatic carbocycles. The molecule has 0 amide bonds. The van der Waals surface area contributed by atoms with Crippen LogP contribution >= 0.6 is 11.3 Å². The van der Waals surface area contributed by atoms with Gasteiger partial charge in [-0.25, -0.2) is 9.97 Å². The van der Waals surface area contributed by atoms with Gasteiger partial charge >= 0.3 is 6.18 Å². The predicted molar refractivity (Wildman–Crippen MR) is 129 cm³/mol. The quantitative estimate of drug-likeness (QED) is 0.374. The van der Waals surface area contributed by atoms with Crippen molar-refractivity contribution in [3.63, 3.8) is 0 Å². The largest absolute Gasteiger partial charge is 0.433 e. The van der Waals surface area contributed by atoms with Crippen molar-refractivity contribution in [2.24, 2.45) is 0 Å². The fourth-order valence-corrected chi connectivity index (χ4v) is 5.04. The van der Waals surface area contributed by atoms with Crippen molar-refractivity contribution in [3.8, 4) is 11.1 Å². The number of hydrogen-bond donors (Lipinski definition) is 0. The van der Waals surface area contributed by atoms with Crippen molar-refractivity contribution in [1.82, 2.24) is 19.9 Å². The van der Waals surface area contributed by atoms with E-state index < -0.39 is 11.9 Å². The van der Waals surface area contributed by atoms with Gasteiger partial charge in [-0.2, -0.15) is 24.5 Å². The summed E-state index contributed by atoms with van der Waals surface area (Å²) in [7, 11) is 0. The van der Waals surface area contributed by atoms with Crippen LogP contribution in [0.2, 0.25) is 0 Å². The number of anilines is 1. The standard InChI is InChI=1S/C25H24F3N5S/c26-25(27,28)22-5-4-20-23(31-22)21(19-7-14-34-17-19)16-30-24(20)33-10-2-9-32(12-13-33)11-6-18-3-1-8-29-15-18/h1,3-5,7-8,14-17H,2,6,9-13H2. The van der Waals surface area contributed by atoms with Gasteiger partial charge in [0.2, 0.25) is 0 Å². The minimum absolute atomic E-state index is 0.343. The minimum atomic E-state index is -4.50. The molecule has 5 nitrogen and oxygen atoms in total. The Kier molecular flexibility index (Phi) is 6.47. The highest BCUT2D eigenvalue weighted by atomic mass is 32.1. The van der Waals surface area contributed by atoms with Crippen molar-refractivity contribution in [2.45, 2.75) is 19.0 Å². The average Bonchev–Trinajstić information content (AvgIpc) is 3.27. The van der Waals surface area contributed by atoms with Crippen molar-refractivity contribution >= 4 is 28.1 Å². The third-order valence-electron chi connectivity index (χ3n) is 6.16. The van der Waals surface area contributed by atoms with E-state index in [1.807, 2.05) is 29.1 Å². The van der Waals surface area contributed by atoms with Crippen LogP contribution in [0.4, 0.5) is 19.0 Å². The van der Waals surface area contributed by atoms with Crippen LogP contribution in [0, 0.1) is 0 Å². The Morgan fingerprint density at radius 1 is 1.00 bits per heavy atom. The highest BCUT2D eigenvalue weighted by Gasteiger charge is 2.33. The maximum absolute atomic E-state index is 13.4. The smallest absolute Gasteiger partial charge is 0.355 e. The Morgan fingerprint density at radius 3 is 2.68 bits per heavy atom. The van der Waals surface area contributed by atoms with E-state index in [0.717, 1.165) is 57.2 Å². The normalized spacial score (nSPS) is 15.6. The fourth-order valence-electron chi connectivity index (χ4n) is 4.38. The summed E-state index contributed by atoms with van der Waals surface area (Å²) in [6.07, 6.45) is 2.74. The van der Waals surface area contributed by atoms with Crippen molar-refractivity contribution in [2.75, 3.05) is 37.6 Å². The van der Waals surface area contributed by atoms with E-state index in [4.69, 9.17) is 4.98 Å². The molecule has 0 saturated carbocycles. The van der Waals surface area contributed by atoms with Crippen molar-refractivity contribution in [1.29, 1.82) is 0 Å². The first kappa shape index (κ1) is 22.7. The third-order valence-corrected chi connectivity index (χ3v) is 6.84. The summed E-state index contributed by atoms with van der Waals surface area (Å²) in [5, 5.41) is 4.46. The highest BCUT2D eigenvalue weighted by molar-refractivity contribution is 7.08. The molecule has 0 spiro atoms. The lowest BCUT2D eigenvalue weighted by atomic mass is 10.1. The van der Waals surface area contributed by atoms with Crippen LogP contribution < -0.4 is 4.90 Å². The molecule has 0 unspecified atom stereocenters. The SMILES string of the molecule is FC(F)(F)c1ccc2c(N3CCCN(CCc4cccnc4)CC3)ncc(-c3ccsc3)c2n1. The lowest BCUT2D eigenvalue weighted by Gasteiger charge is -2.24. The van der Waals surface area contributed by atoms with Gasteiger partial charge in [0.25, 0.3) is 0 Å². The Morgan fingerprint density at radius 2 is 1.91 bits per heavy atom. The number of alkyl halides is 3. The Labute approximate surface area is 199 Å². The summed E-state index contributed by atoms with van der Waals surface area (Å²) in [6, 6.07) is 8.50. The number of aromatic nitrogens is 3. The summed E-state index contributed by atoms with van der Waals surface area (Å²) in [5.74, 6) is 0.698. The number of thiophene rings is 1. The number of pyridine rings is 3. The van der Waals surface area contributed by atoms with Crippen LogP contribution in [-0.2, 0) is 12.6 Å². The van der Waals surface area contributed by atoms with Gasteiger partial charge in [-0.05, 0) is 65.5 Å². The molecule has 5 heterocycles. The van der Waals surface area contributed by atoms with E-state index in [1.165, 1.54) is 23.0 Å². The zero-order valence-corrected chi connectivity index (χ0v) is 19.3. The summed E-state index contributed by atoms with van der Waals surface area (Å²) in [5.41, 5.74) is 2.13. The molecule has 34 heavy (non-hydrogen) atoms. The molecule has 1 aliphatic rings. The molecule has 1 aliphatic heterocycles. The third kappa shape index (κ3) is 4.90. The number of rotatable bonds is 5. The summed E-state index contributed by atoms with van der Waals surface area (Å²) in [6.45, 7) is 4.33. The van der Waals surface area contributed by atoms with Gasteiger partial charge in [0.15, 0.2) is 0 Å². The number of halogens is 3. The first-order valence-electron chi connectivity index (χ1n) is 11.2. The lowest BCUT2D eigenvalue weighted by molar-refractivity contribution is -0.140. The van der Waals surface area contributed by atoms with E-state index >= 15 is 0 Å². The molecular formula is C25H24F3N5S. The number of nitrogens with zero attached hydrogens (tertiary/aromatic N) is 5. The Hall–Kier alpha value is -3.04. The molecule has 4 aromatic heterocycles. The lowest BCUT2D eigenvalue weighted by Crippen LogP contribution is -2.32. The topological polar surface area (TPSA) is 45.2 Å². The zero-order valence-electron chi connectivity index (χ0n) is 18.5. The molecule has 5 rings (SSSR count). The van der Waals surface area contributed by atoms with E-state index in [1.54, 1.807) is 12.4 Å². The second-order valence-corrected chi connectivity index (χ2v) is 9.17. The summed E-state index contributed by atoms with van der Waals surface area (Å²) >= 11 is 1.49. The van der Waals surface area contributed by atoms with Crippen molar-refractivity contribution < 1.29 is 13.2 Å². The molecule has 0 aromatic carbocycles. The zero-order chi connectivity index (χ0) is 23.5. The molecule has 0 radical (unpaired) electrons. The second-order valence-electron chi connectivity index (χ2n) is 8.39. The van der Waals surface area contributed by atoms with E-state index in [2.05, 4.69) is 25.8 Å². The minimum Gasteiger partial charge on any atom is -0.355 e. The van der Waals surface area contributed by atoms with Crippen molar-refractivity contribution in [3.05, 3.63) is 70.9 Å². The molecule has 4 aromatic rings. The summed E-state index contributed by atoms with van der Waals surface area (Å²) < 4.78 is 40.3. The molecule has 0 atom stereocenters. The Bertz CT molecular complexity index is 1240. The molecule has 1 fully saturated rings. The van der Waals surface area contributed by atoms with Gasteiger partial charge in [0.1, 0.15) is 11.5 Å². The first-order valence-corrected chi connectivity index (χ1v) is 12.2. The van der Waals surface area contributed by atoms with Gasteiger partial charge in [0, 0.05) is 55.7 Å². The van der Waals surface area contributed by atoms with Gasteiger partial charge in [-0.1, -0.05) is 6.07 Å². The molecule has 0 N–H and O–H groups in total. The second kappa shape index (κ2) is 9.68. The molecule has 9 heteroatoms. The number of fused-ring (bicyclic) bond motifs is 1. The van der Waals surface area contributed by atoms with Crippen LogP contribution in [0.25, 0.3) is 22.0 Å². The van der Waals surface area contributed by atoms with Gasteiger partial charge in [-0.3, -0.25) is 4.98 Å². The summed E-state index contributed by atoms with van der Waals surface area (Å²) in [4.78, 5) is 17.6. The fraction of sp³-hybridized carbons (Fsp3) is 0.320. The predicted octanol–water partition coefficient (Wildman–Crippen LogP) is 5.53. The van der Waals surface area contributed by atoms with Gasteiger partial charge in [-0.15, -0.1) is 0 Å². The maximum atomic E-state index is 13.4. The van der Waals surface area contributed by atoms with Gasteiger partial charge in [0.05, 0.1) is 5.52 Å². The molecular weight excluding hydrogens is 459 g/mol. The van der Waals surface area contributed by atoms with Crippen LogP contribution in [0.3, 0.4) is 0 Å². The molecule has 1 saturated heterocycles. The Balaban J connectivity index is 1.41. The van der Waals surface area contributed by atoms with Crippen LogP contribution in [-0.4, -0.2) is 52.6 Å². The van der Waals surface area contributed by atoms with E-state index in [-0.39, 0.29) is 0 Å². The maximum Gasteiger partial charge on any atom is 0.433 e. The first-order chi connectivity index (χ1) is 16.5. The highest BCUT2D eigenvalue weighted by Crippen LogP contribution is 2.36. The van der Waals surface area contributed by atoms with Crippen LogP contribution in [0.15, 0.2) is 59.7 Å². The average molecular weight is 484 g/mol. The van der Waals surface area contributed by atoms with Gasteiger partial charge < -0.3 is 9.80 Å². The van der Waals surface area contributed by atoms with Crippen LogP contribution in [0.5, 0.6) is 0 Å². The molecule has 176 valence electrons. The molecule has 0 bridgehead atoms. The number of hydrogen-bond acceptors (Lipinski definition) is 6.